The van der Waals surface area contributed by atoms with Crippen LogP contribution in [0.5, 0.6) is 0 Å². The molecule has 0 saturated carbocycles. The largest absolute Gasteiger partial charge is 0.357 e. The van der Waals surface area contributed by atoms with Crippen LogP contribution in [-0.4, -0.2) is 63.3 Å². The molecule has 1 heterocycles. The van der Waals surface area contributed by atoms with Gasteiger partial charge in [-0.25, -0.2) is 8.42 Å². The Bertz CT molecular complexity index is 726. The number of likely N-dealkylation sites (tertiary alicyclic amines) is 1. The van der Waals surface area contributed by atoms with Gasteiger partial charge in [0.25, 0.3) is 0 Å². The molecule has 0 atom stereocenters. The van der Waals surface area contributed by atoms with Crippen molar-refractivity contribution < 1.29 is 8.42 Å². The molecule has 6 nitrogen and oxygen atoms in total. The Morgan fingerprint density at radius 3 is 2.45 bits per heavy atom. The van der Waals surface area contributed by atoms with Gasteiger partial charge in [-0.15, -0.1) is 0 Å². The first-order valence-corrected chi connectivity index (χ1v) is 12.7. The standard InChI is InChI=1S/C22H38N4O2S/c1-4-23-21(25-19-22(2,3)26-15-9-6-10-16-26)24-14-11-17-29(27,28)18-20-12-7-5-8-13-20/h5,7-8,12-13H,4,6,9-11,14-19H2,1-3H3,(H2,23,24,25). The van der Waals surface area contributed by atoms with E-state index in [2.05, 4.69) is 29.4 Å². The molecule has 1 aliphatic rings. The number of nitrogens with one attached hydrogen (secondary N) is 2. The summed E-state index contributed by atoms with van der Waals surface area (Å²) in [6.07, 6.45) is 4.42. The van der Waals surface area contributed by atoms with Gasteiger partial charge in [0, 0.05) is 18.6 Å². The molecule has 0 bridgehead atoms. The molecule has 1 fully saturated rings. The summed E-state index contributed by atoms with van der Waals surface area (Å²) in [6.45, 7) is 10.9. The van der Waals surface area contributed by atoms with Crippen molar-refractivity contribution in [2.75, 3.05) is 38.5 Å². The molecule has 164 valence electrons. The fourth-order valence-electron chi connectivity index (χ4n) is 3.61. The van der Waals surface area contributed by atoms with Crippen molar-refractivity contribution in [3.8, 4) is 0 Å². The van der Waals surface area contributed by atoms with Crippen LogP contribution in [-0.2, 0) is 15.6 Å². The monoisotopic (exact) mass is 422 g/mol. The topological polar surface area (TPSA) is 73.8 Å². The minimum absolute atomic E-state index is 0.0296. The van der Waals surface area contributed by atoms with Gasteiger partial charge in [-0.3, -0.25) is 9.89 Å². The highest BCUT2D eigenvalue weighted by atomic mass is 32.2. The second kappa shape index (κ2) is 11.6. The third-order valence-electron chi connectivity index (χ3n) is 5.33. The molecule has 29 heavy (non-hydrogen) atoms. The number of sulfone groups is 1. The second-order valence-electron chi connectivity index (χ2n) is 8.41. The predicted molar refractivity (Wildman–Crippen MR) is 122 cm³/mol. The van der Waals surface area contributed by atoms with E-state index in [4.69, 9.17) is 4.99 Å². The van der Waals surface area contributed by atoms with Crippen molar-refractivity contribution in [2.24, 2.45) is 4.99 Å². The Labute approximate surface area is 177 Å². The maximum absolute atomic E-state index is 12.3. The van der Waals surface area contributed by atoms with Crippen LogP contribution in [0, 0.1) is 0 Å². The van der Waals surface area contributed by atoms with Crippen LogP contribution >= 0.6 is 0 Å². The van der Waals surface area contributed by atoms with Crippen molar-refractivity contribution >= 4 is 15.8 Å². The van der Waals surface area contributed by atoms with Crippen LogP contribution in [0.1, 0.15) is 52.0 Å². The molecule has 1 aliphatic heterocycles. The lowest BCUT2D eigenvalue weighted by atomic mass is 9.99. The molecule has 1 aromatic rings. The number of benzene rings is 1. The number of hydrogen-bond acceptors (Lipinski definition) is 4. The normalized spacial score (nSPS) is 16.6. The van der Waals surface area contributed by atoms with Gasteiger partial charge in [0.05, 0.1) is 18.1 Å². The van der Waals surface area contributed by atoms with Gasteiger partial charge in [-0.2, -0.15) is 0 Å². The highest BCUT2D eigenvalue weighted by molar-refractivity contribution is 7.90. The summed E-state index contributed by atoms with van der Waals surface area (Å²) in [7, 11) is -3.10. The number of aliphatic imine (C=N–C) groups is 1. The van der Waals surface area contributed by atoms with E-state index < -0.39 is 9.84 Å². The lowest BCUT2D eigenvalue weighted by Crippen LogP contribution is -2.49. The van der Waals surface area contributed by atoms with E-state index in [1.54, 1.807) is 0 Å². The van der Waals surface area contributed by atoms with Crippen LogP contribution in [0.25, 0.3) is 0 Å². The molecule has 0 radical (unpaired) electrons. The van der Waals surface area contributed by atoms with Gasteiger partial charge in [0.15, 0.2) is 15.8 Å². The van der Waals surface area contributed by atoms with Crippen molar-refractivity contribution in [3.63, 3.8) is 0 Å². The molecule has 0 amide bonds. The lowest BCUT2D eigenvalue weighted by Gasteiger charge is -2.40. The highest BCUT2D eigenvalue weighted by Crippen LogP contribution is 2.20. The molecule has 2 rings (SSSR count). The summed E-state index contributed by atoms with van der Waals surface area (Å²) in [4.78, 5) is 7.29. The maximum atomic E-state index is 12.3. The molecule has 0 unspecified atom stereocenters. The van der Waals surface area contributed by atoms with Gasteiger partial charge in [-0.05, 0) is 58.7 Å². The highest BCUT2D eigenvalue weighted by Gasteiger charge is 2.27. The Balaban J connectivity index is 1.80. The Kier molecular flexibility index (Phi) is 9.43. The van der Waals surface area contributed by atoms with E-state index in [1.165, 1.54) is 19.3 Å². The molecule has 1 saturated heterocycles. The van der Waals surface area contributed by atoms with Crippen molar-refractivity contribution in [1.82, 2.24) is 15.5 Å². The van der Waals surface area contributed by atoms with Crippen molar-refractivity contribution in [2.45, 2.75) is 57.7 Å². The van der Waals surface area contributed by atoms with E-state index in [0.717, 1.165) is 31.2 Å². The van der Waals surface area contributed by atoms with Crippen molar-refractivity contribution in [1.29, 1.82) is 0 Å². The summed E-state index contributed by atoms with van der Waals surface area (Å²) in [5.41, 5.74) is 0.872. The number of piperidine rings is 1. The van der Waals surface area contributed by atoms with Gasteiger partial charge < -0.3 is 10.6 Å². The molecular formula is C22H38N4O2S. The summed E-state index contributed by atoms with van der Waals surface area (Å²) >= 11 is 0. The molecule has 0 aliphatic carbocycles. The smallest absolute Gasteiger partial charge is 0.191 e. The molecule has 1 aromatic carbocycles. The van der Waals surface area contributed by atoms with E-state index in [1.807, 2.05) is 37.3 Å². The first-order chi connectivity index (χ1) is 13.8. The van der Waals surface area contributed by atoms with E-state index in [0.29, 0.717) is 19.5 Å². The van der Waals surface area contributed by atoms with E-state index in [9.17, 15) is 8.42 Å². The Morgan fingerprint density at radius 2 is 1.79 bits per heavy atom. The molecule has 0 aromatic heterocycles. The number of rotatable bonds is 10. The molecule has 0 spiro atoms. The Hall–Kier alpha value is -1.60. The van der Waals surface area contributed by atoms with Crippen LogP contribution in [0.3, 0.4) is 0 Å². The van der Waals surface area contributed by atoms with Gasteiger partial charge in [0.1, 0.15) is 0 Å². The molecular weight excluding hydrogens is 384 g/mol. The minimum Gasteiger partial charge on any atom is -0.357 e. The van der Waals surface area contributed by atoms with Gasteiger partial charge in [0.2, 0.25) is 0 Å². The SMILES string of the molecule is CCNC(=NCC(C)(C)N1CCCCC1)NCCCS(=O)(=O)Cc1ccccc1. The zero-order valence-corrected chi connectivity index (χ0v) is 19.1. The van der Waals surface area contributed by atoms with Gasteiger partial charge >= 0.3 is 0 Å². The third kappa shape index (κ3) is 8.74. The lowest BCUT2D eigenvalue weighted by molar-refractivity contribution is 0.102. The zero-order chi connectivity index (χ0) is 21.2. The minimum atomic E-state index is -3.10. The number of guanidine groups is 1. The molecule has 2 N–H and O–H groups in total. The van der Waals surface area contributed by atoms with Crippen LogP contribution in [0.15, 0.2) is 35.3 Å². The fourth-order valence-corrected chi connectivity index (χ4v) is 5.04. The first-order valence-electron chi connectivity index (χ1n) is 10.8. The van der Waals surface area contributed by atoms with Crippen LogP contribution < -0.4 is 10.6 Å². The number of hydrogen-bond donors (Lipinski definition) is 2. The average molecular weight is 423 g/mol. The maximum Gasteiger partial charge on any atom is 0.191 e. The quantitative estimate of drug-likeness (QED) is 0.345. The Morgan fingerprint density at radius 1 is 1.10 bits per heavy atom. The third-order valence-corrected chi connectivity index (χ3v) is 7.02. The summed E-state index contributed by atoms with van der Waals surface area (Å²) in [5, 5.41) is 6.56. The summed E-state index contributed by atoms with van der Waals surface area (Å²) < 4.78 is 24.6. The fraction of sp³-hybridized carbons (Fsp3) is 0.682. The summed E-state index contributed by atoms with van der Waals surface area (Å²) in [6, 6.07) is 9.35. The summed E-state index contributed by atoms with van der Waals surface area (Å²) in [5.74, 6) is 1.04. The number of nitrogens with zero attached hydrogens (tertiary/aromatic N) is 2. The van der Waals surface area contributed by atoms with E-state index >= 15 is 0 Å². The second-order valence-corrected chi connectivity index (χ2v) is 10.6. The first kappa shape index (κ1) is 23.7. The van der Waals surface area contributed by atoms with E-state index in [-0.39, 0.29) is 17.0 Å². The van der Waals surface area contributed by atoms with Gasteiger partial charge in [-0.1, -0.05) is 36.8 Å². The molecule has 7 heteroatoms. The average Bonchev–Trinajstić information content (AvgIpc) is 2.70. The predicted octanol–water partition coefficient (Wildman–Crippen LogP) is 2.81. The van der Waals surface area contributed by atoms with Crippen LogP contribution in [0.2, 0.25) is 0 Å². The van der Waals surface area contributed by atoms with Crippen molar-refractivity contribution in [3.05, 3.63) is 35.9 Å². The zero-order valence-electron chi connectivity index (χ0n) is 18.3. The van der Waals surface area contributed by atoms with Crippen LogP contribution in [0.4, 0.5) is 0 Å².